The second kappa shape index (κ2) is 11.4. The summed E-state index contributed by atoms with van der Waals surface area (Å²) in [4.78, 5) is 23.8. The highest BCUT2D eigenvalue weighted by atomic mass is 19.4. The third-order valence-electron chi connectivity index (χ3n) is 6.47. The lowest BCUT2D eigenvalue weighted by Crippen LogP contribution is -2.74. The average molecular weight is 682 g/mol. The third-order valence-corrected chi connectivity index (χ3v) is 6.47. The number of benzene rings is 1. The van der Waals surface area contributed by atoms with Gasteiger partial charge in [-0.3, -0.25) is 9.59 Å². The number of likely N-dealkylation sites (tertiary alicyclic amines) is 1. The first-order valence-electron chi connectivity index (χ1n) is 11.5. The molecule has 0 atom stereocenters. The molecule has 4 nitrogen and oxygen atoms in total. The monoisotopic (exact) mass is 682 g/mol. The van der Waals surface area contributed by atoms with Gasteiger partial charge in [-0.1, -0.05) is 12.1 Å². The lowest BCUT2D eigenvalue weighted by Gasteiger charge is -2.42. The van der Waals surface area contributed by atoms with Crippen LogP contribution in [0.4, 0.5) is 79.0 Å². The Morgan fingerprint density at radius 2 is 1.14 bits per heavy atom. The highest BCUT2D eigenvalue weighted by Gasteiger charge is 2.94. The molecule has 2 rings (SSSR count). The number of halogens is 18. The Bertz CT molecular complexity index is 1220. The smallest absolute Gasteiger partial charge is 0.352 e. The molecule has 252 valence electrons. The first-order chi connectivity index (χ1) is 19.5. The van der Waals surface area contributed by atoms with Crippen molar-refractivity contribution >= 4 is 11.8 Å². The molecule has 1 saturated heterocycles. The molecule has 44 heavy (non-hydrogen) atoms. The molecule has 1 aliphatic rings. The SMILES string of the molecule is O=C(NCc1cccc(C(F)(F)F)c1)C1CCN(C(=O)C(F)(F)C(F)(F)C(F)(F)C(F)(F)C(F)(F)C(F)(F)C(F)(F)F)CC1. The van der Waals surface area contributed by atoms with Gasteiger partial charge in [0, 0.05) is 25.6 Å². The summed E-state index contributed by atoms with van der Waals surface area (Å²) in [7, 11) is 0. The molecule has 1 heterocycles. The fourth-order valence-electron chi connectivity index (χ4n) is 3.84. The van der Waals surface area contributed by atoms with Gasteiger partial charge in [0.15, 0.2) is 0 Å². The van der Waals surface area contributed by atoms with Gasteiger partial charge in [0.1, 0.15) is 0 Å². The minimum absolute atomic E-state index is 0.0704. The van der Waals surface area contributed by atoms with E-state index in [4.69, 9.17) is 0 Å². The Morgan fingerprint density at radius 1 is 0.682 bits per heavy atom. The summed E-state index contributed by atoms with van der Waals surface area (Å²) in [6.07, 6.45) is -14.0. The minimum Gasteiger partial charge on any atom is -0.352 e. The predicted molar refractivity (Wildman–Crippen MR) is 108 cm³/mol. The number of alkyl halides is 18. The summed E-state index contributed by atoms with van der Waals surface area (Å²) in [5, 5.41) is 2.15. The summed E-state index contributed by atoms with van der Waals surface area (Å²) in [5.74, 6) is -54.3. The summed E-state index contributed by atoms with van der Waals surface area (Å²) < 4.78 is 239. The molecule has 2 amide bonds. The van der Waals surface area contributed by atoms with Crippen LogP contribution in [0.5, 0.6) is 0 Å². The van der Waals surface area contributed by atoms with Gasteiger partial charge in [-0.15, -0.1) is 0 Å². The van der Waals surface area contributed by atoms with Crippen LogP contribution in [-0.2, 0) is 22.3 Å². The number of carbonyl (C=O) groups excluding carboxylic acids is 2. The fourth-order valence-corrected chi connectivity index (χ4v) is 3.84. The van der Waals surface area contributed by atoms with Gasteiger partial charge in [-0.25, -0.2) is 0 Å². The Kier molecular flexibility index (Phi) is 9.58. The molecule has 0 spiro atoms. The zero-order valence-corrected chi connectivity index (χ0v) is 21.0. The fraction of sp³-hybridized carbons (Fsp3) is 0.636. The van der Waals surface area contributed by atoms with Crippen molar-refractivity contribution in [3.8, 4) is 0 Å². The van der Waals surface area contributed by atoms with E-state index in [-0.39, 0.29) is 5.56 Å². The number of carbonyl (C=O) groups is 2. The molecule has 0 radical (unpaired) electrons. The van der Waals surface area contributed by atoms with E-state index in [1.165, 1.54) is 6.07 Å². The second-order valence-corrected chi connectivity index (χ2v) is 9.43. The lowest BCUT2D eigenvalue weighted by atomic mass is 9.90. The largest absolute Gasteiger partial charge is 0.460 e. The first kappa shape index (κ1) is 37.1. The van der Waals surface area contributed by atoms with Crippen molar-refractivity contribution in [2.75, 3.05) is 13.1 Å². The minimum atomic E-state index is -8.53. The standard InChI is InChI=1S/C22H16F18N2O2/c23-15(24,17(28,29)18(30,31)19(32,33)20(34,35)21(36,37)22(38,39)40)14(44)42-6-4-11(5-7-42)13(43)41-9-10-2-1-3-12(8-10)16(25,26)27/h1-3,8,11H,4-7,9H2,(H,41,43). The molecule has 1 N–H and O–H groups in total. The van der Waals surface area contributed by atoms with Crippen LogP contribution >= 0.6 is 0 Å². The van der Waals surface area contributed by atoms with E-state index in [1.807, 2.05) is 0 Å². The number of nitrogens with zero attached hydrogens (tertiary/aromatic N) is 1. The van der Waals surface area contributed by atoms with Crippen molar-refractivity contribution in [1.82, 2.24) is 10.2 Å². The van der Waals surface area contributed by atoms with Gasteiger partial charge in [0.25, 0.3) is 5.91 Å². The van der Waals surface area contributed by atoms with Crippen molar-refractivity contribution in [1.29, 1.82) is 0 Å². The number of hydrogen-bond acceptors (Lipinski definition) is 2. The van der Waals surface area contributed by atoms with E-state index in [1.54, 1.807) is 0 Å². The van der Waals surface area contributed by atoms with E-state index < -0.39 is 109 Å². The molecule has 1 aliphatic heterocycles. The van der Waals surface area contributed by atoms with Crippen molar-refractivity contribution in [3.63, 3.8) is 0 Å². The summed E-state index contributed by atoms with van der Waals surface area (Å²) in [6.45, 7) is -2.89. The second-order valence-electron chi connectivity index (χ2n) is 9.43. The Hall–Kier alpha value is -3.10. The van der Waals surface area contributed by atoms with Gasteiger partial charge in [0.05, 0.1) is 5.56 Å². The van der Waals surface area contributed by atoms with Crippen LogP contribution in [0.3, 0.4) is 0 Å². The van der Waals surface area contributed by atoms with Crippen molar-refractivity contribution in [2.45, 2.75) is 67.3 Å². The number of amides is 2. The van der Waals surface area contributed by atoms with Gasteiger partial charge < -0.3 is 10.2 Å². The molecular formula is C22H16F18N2O2. The maximum Gasteiger partial charge on any atom is 0.460 e. The van der Waals surface area contributed by atoms with Crippen LogP contribution in [0.2, 0.25) is 0 Å². The number of nitrogens with one attached hydrogen (secondary N) is 1. The summed E-state index contributed by atoms with van der Waals surface area (Å²) in [6, 6.07) is 3.52. The molecule has 22 heteroatoms. The molecule has 1 aromatic rings. The van der Waals surface area contributed by atoms with Crippen LogP contribution in [0.1, 0.15) is 24.0 Å². The maximum atomic E-state index is 14.2. The zero-order valence-electron chi connectivity index (χ0n) is 21.0. The highest BCUT2D eigenvalue weighted by molar-refractivity contribution is 5.85. The van der Waals surface area contributed by atoms with Crippen LogP contribution in [0.25, 0.3) is 0 Å². The maximum absolute atomic E-state index is 14.2. The third kappa shape index (κ3) is 6.08. The number of rotatable bonds is 9. The quantitative estimate of drug-likeness (QED) is 0.288. The molecule has 0 aromatic heterocycles. The normalized spacial score (nSPS) is 17.1. The predicted octanol–water partition coefficient (Wildman–Crippen LogP) is 6.93. The molecule has 0 unspecified atom stereocenters. The van der Waals surface area contributed by atoms with Gasteiger partial charge in [0.2, 0.25) is 5.91 Å². The lowest BCUT2D eigenvalue weighted by molar-refractivity contribution is -0.449. The van der Waals surface area contributed by atoms with E-state index in [0.29, 0.717) is 12.1 Å². The molecular weight excluding hydrogens is 666 g/mol. The van der Waals surface area contributed by atoms with E-state index in [9.17, 15) is 88.6 Å². The Morgan fingerprint density at radius 3 is 1.59 bits per heavy atom. The van der Waals surface area contributed by atoms with Crippen LogP contribution < -0.4 is 5.32 Å². The van der Waals surface area contributed by atoms with Crippen molar-refractivity contribution in [2.24, 2.45) is 5.92 Å². The first-order valence-corrected chi connectivity index (χ1v) is 11.5. The Balaban J connectivity index is 2.17. The van der Waals surface area contributed by atoms with Gasteiger partial charge >= 0.3 is 47.9 Å². The molecule has 0 saturated carbocycles. The van der Waals surface area contributed by atoms with Crippen LogP contribution in [0.15, 0.2) is 24.3 Å². The summed E-state index contributed by atoms with van der Waals surface area (Å²) in [5.41, 5.74) is -1.16. The van der Waals surface area contributed by atoms with E-state index in [2.05, 4.69) is 5.32 Å². The van der Waals surface area contributed by atoms with E-state index >= 15 is 0 Å². The number of piperidine rings is 1. The van der Waals surface area contributed by atoms with Crippen molar-refractivity contribution < 1.29 is 88.6 Å². The molecule has 0 aliphatic carbocycles. The topological polar surface area (TPSA) is 49.4 Å². The summed E-state index contributed by atoms with van der Waals surface area (Å²) >= 11 is 0. The highest BCUT2D eigenvalue weighted by Crippen LogP contribution is 2.62. The average Bonchev–Trinajstić information content (AvgIpc) is 2.89. The van der Waals surface area contributed by atoms with Crippen molar-refractivity contribution in [3.05, 3.63) is 35.4 Å². The van der Waals surface area contributed by atoms with Crippen LogP contribution in [0, 0.1) is 5.92 Å². The van der Waals surface area contributed by atoms with Crippen LogP contribution in [-0.4, -0.2) is 71.5 Å². The molecule has 1 aromatic carbocycles. The molecule has 0 bridgehead atoms. The molecule has 1 fully saturated rings. The Labute approximate surface area is 233 Å². The zero-order chi connectivity index (χ0) is 34.5. The van der Waals surface area contributed by atoms with E-state index in [0.717, 1.165) is 6.07 Å². The van der Waals surface area contributed by atoms with Gasteiger partial charge in [-0.2, -0.15) is 79.0 Å². The number of hydrogen-bond donors (Lipinski definition) is 1. The van der Waals surface area contributed by atoms with Gasteiger partial charge in [-0.05, 0) is 30.5 Å².